The summed E-state index contributed by atoms with van der Waals surface area (Å²) in [6.07, 6.45) is 4.18. The van der Waals surface area contributed by atoms with Crippen molar-refractivity contribution in [2.45, 2.75) is 32.7 Å². The van der Waals surface area contributed by atoms with E-state index in [1.54, 1.807) is 4.57 Å². The van der Waals surface area contributed by atoms with Crippen LogP contribution in [0.1, 0.15) is 41.6 Å². The van der Waals surface area contributed by atoms with Crippen LogP contribution in [0.5, 0.6) is 0 Å². The Hall–Kier alpha value is -4.17. The van der Waals surface area contributed by atoms with Crippen LogP contribution in [0.3, 0.4) is 0 Å². The summed E-state index contributed by atoms with van der Waals surface area (Å²) >= 11 is 0. The largest absolute Gasteiger partial charge is 0.477 e. The molecule has 4 rings (SSSR count). The van der Waals surface area contributed by atoms with Gasteiger partial charge >= 0.3 is 5.97 Å². The van der Waals surface area contributed by atoms with Crippen LogP contribution in [0.25, 0.3) is 27.1 Å². The first-order valence-electron chi connectivity index (χ1n) is 11.0. The third-order valence-corrected chi connectivity index (χ3v) is 5.74. The number of rotatable bonds is 8. The third kappa shape index (κ3) is 4.86. The fraction of sp³-hybridized carbons (Fsp3) is 0.179. The zero-order chi connectivity index (χ0) is 23.2. The van der Waals surface area contributed by atoms with E-state index in [-0.39, 0.29) is 5.69 Å². The van der Waals surface area contributed by atoms with Crippen molar-refractivity contribution in [3.05, 3.63) is 107 Å². The van der Waals surface area contributed by atoms with Crippen molar-refractivity contribution in [3.63, 3.8) is 0 Å². The predicted molar refractivity (Wildman–Crippen MR) is 130 cm³/mol. The zero-order valence-corrected chi connectivity index (χ0v) is 18.5. The van der Waals surface area contributed by atoms with Gasteiger partial charge in [0.2, 0.25) is 0 Å². The topological polar surface area (TPSA) is 59.5 Å². The molecular formula is C28H25N3O2. The molecule has 164 valence electrons. The van der Waals surface area contributed by atoms with Gasteiger partial charge in [0.25, 0.3) is 0 Å². The van der Waals surface area contributed by atoms with E-state index in [4.69, 9.17) is 6.57 Å². The van der Waals surface area contributed by atoms with E-state index in [2.05, 4.69) is 35.0 Å². The molecule has 5 nitrogen and oxygen atoms in total. The molecular weight excluding hydrogens is 410 g/mol. The Labute approximate surface area is 193 Å². The Morgan fingerprint density at radius 2 is 1.73 bits per heavy atom. The maximum atomic E-state index is 11.7. The average Bonchev–Trinajstić information content (AvgIpc) is 3.26. The number of hydrogen-bond donors (Lipinski definition) is 1. The number of aromatic nitrogens is 2. The Bertz CT molecular complexity index is 1300. The number of unbranched alkanes of at least 4 members (excludes halogenated alkanes) is 1. The summed E-state index contributed by atoms with van der Waals surface area (Å²) in [4.78, 5) is 19.7. The van der Waals surface area contributed by atoms with Crippen LogP contribution in [-0.4, -0.2) is 20.6 Å². The smallest absolute Gasteiger partial charge is 0.354 e. The molecule has 0 amide bonds. The highest BCUT2D eigenvalue weighted by Gasteiger charge is 2.16. The van der Waals surface area contributed by atoms with Crippen LogP contribution in [0, 0.1) is 6.57 Å². The van der Waals surface area contributed by atoms with E-state index in [0.29, 0.717) is 12.2 Å². The van der Waals surface area contributed by atoms with Gasteiger partial charge in [-0.15, -0.1) is 0 Å². The molecule has 5 heteroatoms. The van der Waals surface area contributed by atoms with Gasteiger partial charge in [0.15, 0.2) is 5.69 Å². The van der Waals surface area contributed by atoms with Crippen molar-refractivity contribution < 1.29 is 9.90 Å². The van der Waals surface area contributed by atoms with Gasteiger partial charge in [-0.05, 0) is 34.2 Å². The first kappa shape index (κ1) is 22.0. The molecule has 0 saturated carbocycles. The molecule has 0 bridgehead atoms. The van der Waals surface area contributed by atoms with Crippen molar-refractivity contribution >= 4 is 11.7 Å². The van der Waals surface area contributed by atoms with Gasteiger partial charge in [-0.2, -0.15) is 0 Å². The molecule has 0 atom stereocenters. The normalized spacial score (nSPS) is 10.7. The van der Waals surface area contributed by atoms with E-state index in [0.717, 1.165) is 52.9 Å². The lowest BCUT2D eigenvalue weighted by Crippen LogP contribution is -2.12. The number of carboxylic acids is 1. The molecule has 1 aromatic heterocycles. The lowest BCUT2D eigenvalue weighted by Gasteiger charge is -2.12. The zero-order valence-electron chi connectivity index (χ0n) is 18.5. The van der Waals surface area contributed by atoms with Crippen LogP contribution in [0.15, 0.2) is 79.0 Å². The van der Waals surface area contributed by atoms with Gasteiger partial charge in [-0.3, -0.25) is 0 Å². The van der Waals surface area contributed by atoms with Crippen LogP contribution >= 0.6 is 0 Å². The molecule has 0 aliphatic rings. The maximum Gasteiger partial charge on any atom is 0.354 e. The standard InChI is InChI=1S/C28H25N3O2/c1-3-4-10-27-30-18-26(28(32)33)31(27)19-20-11-13-22(14-12-20)24-17-23(15-16-25(24)29-2)21-8-6-5-7-9-21/h5-9,11-18H,3-4,10,19H2,1H3,(H,32,33). The lowest BCUT2D eigenvalue weighted by molar-refractivity contribution is 0.0685. The van der Waals surface area contributed by atoms with Crippen molar-refractivity contribution in [1.82, 2.24) is 9.55 Å². The summed E-state index contributed by atoms with van der Waals surface area (Å²) in [6.45, 7) is 10.1. The van der Waals surface area contributed by atoms with Crippen LogP contribution in [0.4, 0.5) is 5.69 Å². The van der Waals surface area contributed by atoms with Gasteiger partial charge in [0.1, 0.15) is 11.5 Å². The molecule has 0 unspecified atom stereocenters. The Morgan fingerprint density at radius 3 is 2.39 bits per heavy atom. The molecule has 0 saturated heterocycles. The second-order valence-corrected chi connectivity index (χ2v) is 7.96. The van der Waals surface area contributed by atoms with Crippen LogP contribution < -0.4 is 0 Å². The van der Waals surface area contributed by atoms with E-state index in [1.165, 1.54) is 6.20 Å². The summed E-state index contributed by atoms with van der Waals surface area (Å²) in [6, 6.07) is 24.0. The maximum absolute atomic E-state index is 11.7. The fourth-order valence-electron chi connectivity index (χ4n) is 3.94. The van der Waals surface area contributed by atoms with E-state index in [9.17, 15) is 9.90 Å². The summed E-state index contributed by atoms with van der Waals surface area (Å²) in [7, 11) is 0. The van der Waals surface area contributed by atoms with E-state index < -0.39 is 5.97 Å². The Kier molecular flexibility index (Phi) is 6.66. The summed E-state index contributed by atoms with van der Waals surface area (Å²) in [5.41, 5.74) is 5.80. The first-order chi connectivity index (χ1) is 16.1. The second kappa shape index (κ2) is 9.97. The third-order valence-electron chi connectivity index (χ3n) is 5.74. The number of aryl methyl sites for hydroxylation is 1. The van der Waals surface area contributed by atoms with Crippen molar-refractivity contribution in [2.75, 3.05) is 0 Å². The van der Waals surface area contributed by atoms with Crippen LogP contribution in [0.2, 0.25) is 0 Å². The number of carboxylic acid groups (broad SMARTS) is 1. The molecule has 0 radical (unpaired) electrons. The van der Waals surface area contributed by atoms with Crippen molar-refractivity contribution in [3.8, 4) is 22.3 Å². The summed E-state index contributed by atoms with van der Waals surface area (Å²) in [5, 5.41) is 9.56. The van der Waals surface area contributed by atoms with E-state index in [1.807, 2.05) is 54.6 Å². The predicted octanol–water partition coefficient (Wildman–Crippen LogP) is 6.86. The molecule has 4 aromatic rings. The lowest BCUT2D eigenvalue weighted by atomic mass is 9.97. The first-order valence-corrected chi connectivity index (χ1v) is 11.0. The molecule has 1 heterocycles. The summed E-state index contributed by atoms with van der Waals surface area (Å²) < 4.78 is 1.79. The molecule has 0 aliphatic heterocycles. The van der Waals surface area contributed by atoms with Crippen LogP contribution in [-0.2, 0) is 13.0 Å². The molecule has 0 fully saturated rings. The number of benzene rings is 3. The SMILES string of the molecule is [C-]#[N+]c1ccc(-c2ccccc2)cc1-c1ccc(Cn2c(C(=O)O)cnc2CCCC)cc1. The monoisotopic (exact) mass is 435 g/mol. The van der Waals surface area contributed by atoms with Gasteiger partial charge in [0, 0.05) is 13.0 Å². The Morgan fingerprint density at radius 1 is 1.00 bits per heavy atom. The molecule has 3 aromatic carbocycles. The van der Waals surface area contributed by atoms with Crippen molar-refractivity contribution in [2.24, 2.45) is 0 Å². The minimum absolute atomic E-state index is 0.205. The van der Waals surface area contributed by atoms with Crippen molar-refractivity contribution in [1.29, 1.82) is 0 Å². The number of aromatic carboxylic acids is 1. The van der Waals surface area contributed by atoms with Gasteiger partial charge in [-0.25, -0.2) is 14.6 Å². The molecule has 0 spiro atoms. The number of hydrogen-bond acceptors (Lipinski definition) is 2. The van der Waals surface area contributed by atoms with Gasteiger partial charge in [0.05, 0.1) is 12.8 Å². The molecule has 1 N–H and O–H groups in total. The average molecular weight is 436 g/mol. The number of imidazole rings is 1. The number of nitrogens with zero attached hydrogens (tertiary/aromatic N) is 3. The summed E-state index contributed by atoms with van der Waals surface area (Å²) in [5.74, 6) is -0.175. The second-order valence-electron chi connectivity index (χ2n) is 7.96. The van der Waals surface area contributed by atoms with Gasteiger partial charge < -0.3 is 9.67 Å². The highest BCUT2D eigenvalue weighted by atomic mass is 16.4. The molecule has 33 heavy (non-hydrogen) atoms. The molecule has 0 aliphatic carbocycles. The minimum atomic E-state index is -0.971. The minimum Gasteiger partial charge on any atom is -0.477 e. The quantitative estimate of drug-likeness (QED) is 0.308. The highest BCUT2D eigenvalue weighted by molar-refractivity contribution is 5.85. The number of carbonyl (C=O) groups is 1. The van der Waals surface area contributed by atoms with E-state index >= 15 is 0 Å². The Balaban J connectivity index is 1.64. The fourth-order valence-corrected chi connectivity index (χ4v) is 3.94. The van der Waals surface area contributed by atoms with Gasteiger partial charge in [-0.1, -0.05) is 86.1 Å². The highest BCUT2D eigenvalue weighted by Crippen LogP contribution is 2.35.